The molecule has 134 valence electrons. The summed E-state index contributed by atoms with van der Waals surface area (Å²) in [5.74, 6) is 0.256. The van der Waals surface area contributed by atoms with Gasteiger partial charge >= 0.3 is 0 Å². The van der Waals surface area contributed by atoms with Gasteiger partial charge in [0.25, 0.3) is 5.91 Å². The molecule has 1 atom stereocenters. The van der Waals surface area contributed by atoms with Crippen LogP contribution < -0.4 is 10.1 Å². The third-order valence-electron chi connectivity index (χ3n) is 4.24. The molecule has 1 N–H and O–H groups in total. The van der Waals surface area contributed by atoms with E-state index in [1.165, 1.54) is 6.33 Å². The summed E-state index contributed by atoms with van der Waals surface area (Å²) >= 11 is 1.58. The van der Waals surface area contributed by atoms with Crippen LogP contribution in [0.2, 0.25) is 0 Å². The maximum Gasteiger partial charge on any atom is 0.258 e. The van der Waals surface area contributed by atoms with E-state index in [1.54, 1.807) is 11.3 Å². The first-order valence-electron chi connectivity index (χ1n) is 8.60. The topological polar surface area (TPSA) is 73.3 Å². The zero-order valence-corrected chi connectivity index (χ0v) is 15.0. The van der Waals surface area contributed by atoms with Gasteiger partial charge in [0.1, 0.15) is 11.2 Å². The van der Waals surface area contributed by atoms with E-state index in [2.05, 4.69) is 27.4 Å². The number of benzene rings is 1. The van der Waals surface area contributed by atoms with Gasteiger partial charge in [-0.1, -0.05) is 30.3 Å². The summed E-state index contributed by atoms with van der Waals surface area (Å²) in [4.78, 5) is 22.4. The summed E-state index contributed by atoms with van der Waals surface area (Å²) in [6.07, 6.45) is 3.63. The van der Waals surface area contributed by atoms with Crippen molar-refractivity contribution in [2.24, 2.45) is 0 Å². The SMILES string of the molecule is O=C(COc1ncnc2sc(-c3ccccc3)cc12)NC[C@H]1CCCO1. The molecule has 0 aliphatic carbocycles. The van der Waals surface area contributed by atoms with Crippen molar-refractivity contribution in [2.75, 3.05) is 19.8 Å². The second-order valence-corrected chi connectivity index (χ2v) is 7.13. The highest BCUT2D eigenvalue weighted by molar-refractivity contribution is 7.21. The molecular formula is C19H19N3O3S. The molecule has 0 unspecified atom stereocenters. The number of carbonyl (C=O) groups excluding carboxylic acids is 1. The zero-order chi connectivity index (χ0) is 17.8. The molecule has 0 saturated carbocycles. The van der Waals surface area contributed by atoms with Crippen molar-refractivity contribution >= 4 is 27.5 Å². The molecule has 1 amide bonds. The van der Waals surface area contributed by atoms with Crippen LogP contribution >= 0.6 is 11.3 Å². The Bertz CT molecular complexity index is 891. The van der Waals surface area contributed by atoms with E-state index < -0.39 is 0 Å². The Morgan fingerprint density at radius 3 is 3.00 bits per heavy atom. The van der Waals surface area contributed by atoms with Crippen molar-refractivity contribution in [3.8, 4) is 16.3 Å². The zero-order valence-electron chi connectivity index (χ0n) is 14.2. The molecule has 0 radical (unpaired) electrons. The number of amides is 1. The van der Waals surface area contributed by atoms with Crippen LogP contribution in [0, 0.1) is 0 Å². The molecular weight excluding hydrogens is 350 g/mol. The highest BCUT2D eigenvalue weighted by Crippen LogP contribution is 2.35. The first-order chi connectivity index (χ1) is 12.8. The predicted octanol–water partition coefficient (Wildman–Crippen LogP) is 3.03. The molecule has 1 fully saturated rings. The van der Waals surface area contributed by atoms with E-state index in [0.29, 0.717) is 12.4 Å². The fraction of sp³-hybridized carbons (Fsp3) is 0.316. The average Bonchev–Trinajstić information content (AvgIpc) is 3.35. The van der Waals surface area contributed by atoms with Crippen LogP contribution in [-0.2, 0) is 9.53 Å². The number of nitrogens with one attached hydrogen (secondary N) is 1. The average molecular weight is 369 g/mol. The fourth-order valence-electron chi connectivity index (χ4n) is 2.91. The minimum atomic E-state index is -0.175. The van der Waals surface area contributed by atoms with Crippen LogP contribution in [0.3, 0.4) is 0 Å². The van der Waals surface area contributed by atoms with E-state index in [0.717, 1.165) is 40.1 Å². The molecule has 2 aromatic heterocycles. The lowest BCUT2D eigenvalue weighted by atomic mass is 10.2. The van der Waals surface area contributed by atoms with Crippen molar-refractivity contribution in [1.29, 1.82) is 0 Å². The van der Waals surface area contributed by atoms with Crippen LogP contribution in [0.1, 0.15) is 12.8 Å². The number of ether oxygens (including phenoxy) is 2. The molecule has 1 aromatic carbocycles. The van der Waals surface area contributed by atoms with Crippen LogP contribution in [-0.4, -0.2) is 41.7 Å². The standard InChI is InChI=1S/C19H19N3O3S/c23-17(20-10-14-7-4-8-24-14)11-25-18-15-9-16(13-5-2-1-3-6-13)26-19(15)22-12-21-18/h1-3,5-6,9,12,14H,4,7-8,10-11H2,(H,20,23)/t14-/m1/s1. The van der Waals surface area contributed by atoms with Gasteiger partial charge in [-0.15, -0.1) is 11.3 Å². The normalized spacial score (nSPS) is 16.7. The van der Waals surface area contributed by atoms with E-state index in [-0.39, 0.29) is 18.6 Å². The molecule has 4 rings (SSSR count). The van der Waals surface area contributed by atoms with Gasteiger partial charge in [0, 0.05) is 18.0 Å². The van der Waals surface area contributed by atoms with Crippen molar-refractivity contribution in [3.63, 3.8) is 0 Å². The summed E-state index contributed by atoms with van der Waals surface area (Å²) in [5.41, 5.74) is 1.12. The quantitative estimate of drug-likeness (QED) is 0.723. The number of aromatic nitrogens is 2. The van der Waals surface area contributed by atoms with Gasteiger partial charge in [-0.2, -0.15) is 0 Å². The van der Waals surface area contributed by atoms with Gasteiger partial charge in [0.15, 0.2) is 6.61 Å². The largest absolute Gasteiger partial charge is 0.467 e. The molecule has 3 heterocycles. The Kier molecular flexibility index (Phi) is 5.08. The molecule has 6 nitrogen and oxygen atoms in total. The van der Waals surface area contributed by atoms with E-state index in [1.807, 2.05) is 24.3 Å². The third-order valence-corrected chi connectivity index (χ3v) is 5.33. The van der Waals surface area contributed by atoms with Crippen molar-refractivity contribution < 1.29 is 14.3 Å². The Balaban J connectivity index is 1.43. The van der Waals surface area contributed by atoms with Crippen LogP contribution in [0.5, 0.6) is 5.88 Å². The van der Waals surface area contributed by atoms with E-state index >= 15 is 0 Å². The summed E-state index contributed by atoms with van der Waals surface area (Å²) < 4.78 is 11.1. The second kappa shape index (κ2) is 7.80. The summed E-state index contributed by atoms with van der Waals surface area (Å²) in [6, 6.07) is 12.1. The van der Waals surface area contributed by atoms with Gasteiger partial charge in [-0.05, 0) is 24.5 Å². The van der Waals surface area contributed by atoms with Gasteiger partial charge in [-0.25, -0.2) is 9.97 Å². The Morgan fingerprint density at radius 2 is 2.19 bits per heavy atom. The molecule has 0 bridgehead atoms. The Labute approximate surface area is 155 Å². The molecule has 3 aromatic rings. The lowest BCUT2D eigenvalue weighted by Gasteiger charge is -2.11. The van der Waals surface area contributed by atoms with Crippen molar-refractivity contribution in [1.82, 2.24) is 15.3 Å². The van der Waals surface area contributed by atoms with Gasteiger partial charge in [0.05, 0.1) is 11.5 Å². The summed E-state index contributed by atoms with van der Waals surface area (Å²) in [7, 11) is 0. The van der Waals surface area contributed by atoms with Gasteiger partial charge < -0.3 is 14.8 Å². The fourth-order valence-corrected chi connectivity index (χ4v) is 3.91. The van der Waals surface area contributed by atoms with E-state index in [4.69, 9.17) is 9.47 Å². The monoisotopic (exact) mass is 369 g/mol. The van der Waals surface area contributed by atoms with Gasteiger partial charge in [-0.3, -0.25) is 4.79 Å². The molecule has 1 aliphatic heterocycles. The number of nitrogens with zero attached hydrogens (tertiary/aromatic N) is 2. The highest BCUT2D eigenvalue weighted by atomic mass is 32.1. The number of rotatable bonds is 6. The Hall–Kier alpha value is -2.51. The molecule has 26 heavy (non-hydrogen) atoms. The third kappa shape index (κ3) is 3.84. The number of hydrogen-bond acceptors (Lipinski definition) is 6. The van der Waals surface area contributed by atoms with Crippen molar-refractivity contribution in [2.45, 2.75) is 18.9 Å². The number of hydrogen-bond donors (Lipinski definition) is 1. The van der Waals surface area contributed by atoms with Crippen LogP contribution in [0.15, 0.2) is 42.7 Å². The predicted molar refractivity (Wildman–Crippen MR) is 100 cm³/mol. The molecule has 1 saturated heterocycles. The second-order valence-electron chi connectivity index (χ2n) is 6.10. The van der Waals surface area contributed by atoms with Gasteiger partial charge in [0.2, 0.25) is 5.88 Å². The lowest BCUT2D eigenvalue weighted by molar-refractivity contribution is -0.123. The maximum absolute atomic E-state index is 12.0. The summed E-state index contributed by atoms with van der Waals surface area (Å²) in [5, 5.41) is 3.67. The maximum atomic E-state index is 12.0. The Morgan fingerprint density at radius 1 is 1.31 bits per heavy atom. The van der Waals surface area contributed by atoms with Crippen molar-refractivity contribution in [3.05, 3.63) is 42.7 Å². The molecule has 1 aliphatic rings. The highest BCUT2D eigenvalue weighted by Gasteiger charge is 2.17. The van der Waals surface area contributed by atoms with E-state index in [9.17, 15) is 4.79 Å². The number of fused-ring (bicyclic) bond motifs is 1. The first-order valence-corrected chi connectivity index (χ1v) is 9.42. The van der Waals surface area contributed by atoms with Crippen LogP contribution in [0.25, 0.3) is 20.7 Å². The van der Waals surface area contributed by atoms with Crippen LogP contribution in [0.4, 0.5) is 0 Å². The lowest BCUT2D eigenvalue weighted by Crippen LogP contribution is -2.35. The minimum absolute atomic E-state index is 0.0741. The molecule has 7 heteroatoms. The molecule has 0 spiro atoms. The first kappa shape index (κ1) is 16.9. The number of thiophene rings is 1. The minimum Gasteiger partial charge on any atom is -0.467 e. The number of carbonyl (C=O) groups is 1. The summed E-state index contributed by atoms with van der Waals surface area (Å²) in [6.45, 7) is 1.23. The smallest absolute Gasteiger partial charge is 0.258 e.